The molecule has 1 aliphatic heterocycles. The molecule has 1 aliphatic rings. The summed E-state index contributed by atoms with van der Waals surface area (Å²) in [4.78, 5) is 15.9. The second kappa shape index (κ2) is 11.3. The van der Waals surface area contributed by atoms with Gasteiger partial charge in [0.1, 0.15) is 12.1 Å². The predicted molar refractivity (Wildman–Crippen MR) is 136 cm³/mol. The number of hydrogen-bond donors (Lipinski definition) is 1. The number of piperidine rings is 1. The van der Waals surface area contributed by atoms with Gasteiger partial charge in [0.2, 0.25) is 0 Å². The summed E-state index contributed by atoms with van der Waals surface area (Å²) in [5, 5.41) is 3.47. The van der Waals surface area contributed by atoms with E-state index >= 15 is 0 Å². The zero-order chi connectivity index (χ0) is 20.8. The normalized spacial score (nSPS) is 19.0. The first-order chi connectivity index (χ1) is 14.7. The minimum absolute atomic E-state index is 0. The average molecular weight is 530 g/mol. The Bertz CT molecular complexity index is 940. The van der Waals surface area contributed by atoms with Gasteiger partial charge in [0, 0.05) is 38.2 Å². The molecule has 3 aromatic rings. The zero-order valence-corrected chi connectivity index (χ0v) is 20.5. The molecule has 0 amide bonds. The van der Waals surface area contributed by atoms with E-state index < -0.39 is 0 Å². The molecule has 1 aromatic carbocycles. The van der Waals surface area contributed by atoms with Gasteiger partial charge in [-0.2, -0.15) is 0 Å². The molecular formula is C24H31IN6. The number of benzene rings is 1. The van der Waals surface area contributed by atoms with Crippen LogP contribution in [0.25, 0.3) is 5.82 Å². The van der Waals surface area contributed by atoms with Gasteiger partial charge < -0.3 is 10.2 Å². The minimum Gasteiger partial charge on any atom is -0.357 e. The lowest BCUT2D eigenvalue weighted by Crippen LogP contribution is -2.48. The SMILES string of the molecule is CCNC(=NCc1ccc(-n2ccnc2)nc1)N1CCC(c2ccccc2)C(C)C1.I. The van der Waals surface area contributed by atoms with Crippen LogP contribution >= 0.6 is 24.0 Å². The van der Waals surface area contributed by atoms with Crippen molar-refractivity contribution in [2.24, 2.45) is 10.9 Å². The number of nitrogens with zero attached hydrogens (tertiary/aromatic N) is 5. The first kappa shape index (κ1) is 23.2. The number of imidazole rings is 1. The fraction of sp³-hybridized carbons (Fsp3) is 0.375. The lowest BCUT2D eigenvalue weighted by molar-refractivity contribution is 0.234. The number of likely N-dealkylation sites (tertiary alicyclic amines) is 1. The molecule has 0 bridgehead atoms. The van der Waals surface area contributed by atoms with Gasteiger partial charge in [-0.1, -0.05) is 43.3 Å². The molecule has 6 nitrogen and oxygen atoms in total. The van der Waals surface area contributed by atoms with E-state index in [4.69, 9.17) is 4.99 Å². The first-order valence-electron chi connectivity index (χ1n) is 10.8. The molecule has 1 N–H and O–H groups in total. The lowest BCUT2D eigenvalue weighted by Gasteiger charge is -2.39. The van der Waals surface area contributed by atoms with Crippen LogP contribution < -0.4 is 5.32 Å². The van der Waals surface area contributed by atoms with Crippen molar-refractivity contribution in [3.05, 3.63) is 78.5 Å². The smallest absolute Gasteiger partial charge is 0.194 e. The Kier molecular flexibility index (Phi) is 8.45. The van der Waals surface area contributed by atoms with Crippen LogP contribution in [0, 0.1) is 5.92 Å². The molecule has 164 valence electrons. The van der Waals surface area contributed by atoms with Crippen molar-refractivity contribution < 1.29 is 0 Å². The monoisotopic (exact) mass is 530 g/mol. The number of aromatic nitrogens is 3. The third-order valence-corrected chi connectivity index (χ3v) is 5.76. The maximum absolute atomic E-state index is 4.90. The topological polar surface area (TPSA) is 58.3 Å². The molecule has 0 aliphatic carbocycles. The Morgan fingerprint density at radius 3 is 2.68 bits per heavy atom. The predicted octanol–water partition coefficient (Wildman–Crippen LogP) is 4.48. The highest BCUT2D eigenvalue weighted by Gasteiger charge is 2.28. The first-order valence-corrected chi connectivity index (χ1v) is 10.8. The second-order valence-electron chi connectivity index (χ2n) is 7.89. The Hall–Kier alpha value is -2.42. The van der Waals surface area contributed by atoms with Gasteiger partial charge >= 0.3 is 0 Å². The van der Waals surface area contributed by atoms with Crippen molar-refractivity contribution in [3.8, 4) is 5.82 Å². The van der Waals surface area contributed by atoms with Gasteiger partial charge in [-0.15, -0.1) is 24.0 Å². The van der Waals surface area contributed by atoms with E-state index in [-0.39, 0.29) is 24.0 Å². The summed E-state index contributed by atoms with van der Waals surface area (Å²) in [6.45, 7) is 8.00. The van der Waals surface area contributed by atoms with Crippen molar-refractivity contribution in [2.45, 2.75) is 32.7 Å². The van der Waals surface area contributed by atoms with Crippen LogP contribution in [0.4, 0.5) is 0 Å². The van der Waals surface area contributed by atoms with Crippen molar-refractivity contribution in [2.75, 3.05) is 19.6 Å². The maximum Gasteiger partial charge on any atom is 0.194 e. The van der Waals surface area contributed by atoms with E-state index in [0.29, 0.717) is 18.4 Å². The summed E-state index contributed by atoms with van der Waals surface area (Å²) in [6.07, 6.45) is 8.45. The van der Waals surface area contributed by atoms with Crippen LogP contribution in [-0.4, -0.2) is 45.0 Å². The molecule has 1 saturated heterocycles. The Morgan fingerprint density at radius 2 is 2.03 bits per heavy atom. The third-order valence-electron chi connectivity index (χ3n) is 5.76. The summed E-state index contributed by atoms with van der Waals surface area (Å²) in [5.41, 5.74) is 2.55. The Morgan fingerprint density at radius 1 is 1.19 bits per heavy atom. The summed E-state index contributed by atoms with van der Waals surface area (Å²) >= 11 is 0. The molecule has 2 atom stereocenters. The molecule has 0 spiro atoms. The van der Waals surface area contributed by atoms with Gasteiger partial charge in [-0.3, -0.25) is 4.57 Å². The quantitative estimate of drug-likeness (QED) is 0.301. The zero-order valence-electron chi connectivity index (χ0n) is 18.2. The van der Waals surface area contributed by atoms with E-state index in [1.807, 2.05) is 23.0 Å². The molecule has 2 unspecified atom stereocenters. The molecule has 4 rings (SSSR count). The number of guanidine groups is 1. The van der Waals surface area contributed by atoms with Crippen LogP contribution in [0.2, 0.25) is 0 Å². The number of pyridine rings is 1. The highest BCUT2D eigenvalue weighted by atomic mass is 127. The largest absolute Gasteiger partial charge is 0.357 e. The van der Waals surface area contributed by atoms with Crippen LogP contribution in [-0.2, 0) is 6.54 Å². The van der Waals surface area contributed by atoms with Gasteiger partial charge in [0.15, 0.2) is 5.96 Å². The van der Waals surface area contributed by atoms with Crippen LogP contribution in [0.15, 0.2) is 72.4 Å². The second-order valence-corrected chi connectivity index (χ2v) is 7.89. The van der Waals surface area contributed by atoms with Crippen molar-refractivity contribution in [1.29, 1.82) is 0 Å². The van der Waals surface area contributed by atoms with Crippen molar-refractivity contribution in [1.82, 2.24) is 24.8 Å². The summed E-state index contributed by atoms with van der Waals surface area (Å²) in [6, 6.07) is 15.0. The maximum atomic E-state index is 4.90. The fourth-order valence-corrected chi connectivity index (χ4v) is 4.18. The average Bonchev–Trinajstić information content (AvgIpc) is 3.32. The number of rotatable bonds is 5. The Labute approximate surface area is 201 Å². The van der Waals surface area contributed by atoms with Crippen molar-refractivity contribution in [3.63, 3.8) is 0 Å². The molecule has 2 aromatic heterocycles. The van der Waals surface area contributed by atoms with E-state index in [1.165, 1.54) is 5.56 Å². The van der Waals surface area contributed by atoms with E-state index in [0.717, 1.165) is 43.4 Å². The minimum atomic E-state index is 0. The fourth-order valence-electron chi connectivity index (χ4n) is 4.18. The molecule has 1 fully saturated rings. The van der Waals surface area contributed by atoms with Gasteiger partial charge in [-0.25, -0.2) is 15.0 Å². The van der Waals surface area contributed by atoms with Gasteiger partial charge in [0.05, 0.1) is 6.54 Å². The van der Waals surface area contributed by atoms with Gasteiger partial charge in [0.25, 0.3) is 0 Å². The summed E-state index contributed by atoms with van der Waals surface area (Å²) < 4.78 is 1.90. The standard InChI is InChI=1S/C24H30N6.HI/c1-3-26-24(28-16-20-9-10-23(27-15-20)30-14-12-25-18-30)29-13-11-22(19(2)17-29)21-7-5-4-6-8-21;/h4-10,12,14-15,18-19,22H,3,11,13,16-17H2,1-2H3,(H,26,28);1H. The molecule has 0 radical (unpaired) electrons. The van der Waals surface area contributed by atoms with Crippen molar-refractivity contribution >= 4 is 29.9 Å². The highest BCUT2D eigenvalue weighted by molar-refractivity contribution is 14.0. The van der Waals surface area contributed by atoms with Crippen LogP contribution in [0.5, 0.6) is 0 Å². The Balaban J connectivity index is 0.00000272. The van der Waals surface area contributed by atoms with E-state index in [9.17, 15) is 0 Å². The number of hydrogen-bond acceptors (Lipinski definition) is 3. The van der Waals surface area contributed by atoms with E-state index in [1.54, 1.807) is 12.5 Å². The molecule has 7 heteroatoms. The lowest BCUT2D eigenvalue weighted by atomic mass is 9.82. The summed E-state index contributed by atoms with van der Waals surface area (Å²) in [7, 11) is 0. The number of aliphatic imine (C=N–C) groups is 1. The highest BCUT2D eigenvalue weighted by Crippen LogP contribution is 2.32. The summed E-state index contributed by atoms with van der Waals surface area (Å²) in [5.74, 6) is 3.06. The molecule has 3 heterocycles. The molecule has 0 saturated carbocycles. The third kappa shape index (κ3) is 5.84. The number of nitrogens with one attached hydrogen (secondary N) is 1. The van der Waals surface area contributed by atoms with Crippen LogP contribution in [0.3, 0.4) is 0 Å². The molecule has 31 heavy (non-hydrogen) atoms. The molecular weight excluding hydrogens is 499 g/mol. The van der Waals surface area contributed by atoms with Gasteiger partial charge in [-0.05, 0) is 42.4 Å². The number of halogens is 1. The van der Waals surface area contributed by atoms with E-state index in [2.05, 4.69) is 70.4 Å². The van der Waals surface area contributed by atoms with Crippen LogP contribution in [0.1, 0.15) is 37.3 Å².